The van der Waals surface area contributed by atoms with Crippen molar-refractivity contribution >= 4 is 33.3 Å². The zero-order chi connectivity index (χ0) is 20.5. The average molecular weight is 388 g/mol. The highest BCUT2D eigenvalue weighted by Crippen LogP contribution is 2.32. The number of aliphatic hydroxyl groups is 1. The summed E-state index contributed by atoms with van der Waals surface area (Å²) in [6.07, 6.45) is 0. The summed E-state index contributed by atoms with van der Waals surface area (Å²) in [5, 5.41) is 21.8. The van der Waals surface area contributed by atoms with E-state index in [4.69, 9.17) is 4.98 Å². The molecule has 5 rings (SSSR count). The van der Waals surface area contributed by atoms with E-state index in [1.165, 1.54) is 0 Å². The SMILES string of the molecule is N#CC(=C(O)c1cc(-c2ccccc2)nc2ccccc12)c1nc2ccccc2[nH]1. The van der Waals surface area contributed by atoms with Crippen molar-refractivity contribution in [1.82, 2.24) is 15.0 Å². The van der Waals surface area contributed by atoms with Gasteiger partial charge in [-0.2, -0.15) is 5.26 Å². The second kappa shape index (κ2) is 7.19. The Morgan fingerprint density at radius 1 is 0.833 bits per heavy atom. The number of hydrogen-bond acceptors (Lipinski definition) is 4. The minimum absolute atomic E-state index is 0.0848. The Bertz CT molecular complexity index is 1430. The van der Waals surface area contributed by atoms with Crippen LogP contribution in [0.5, 0.6) is 0 Å². The first-order valence-electron chi connectivity index (χ1n) is 9.48. The number of rotatable bonds is 3. The molecule has 0 spiro atoms. The van der Waals surface area contributed by atoms with E-state index in [0.717, 1.165) is 33.2 Å². The molecule has 0 saturated carbocycles. The normalized spacial score (nSPS) is 12.0. The van der Waals surface area contributed by atoms with Crippen molar-refractivity contribution in [2.75, 3.05) is 0 Å². The number of benzene rings is 3. The summed E-state index contributed by atoms with van der Waals surface area (Å²) in [4.78, 5) is 12.3. The van der Waals surface area contributed by atoms with E-state index in [1.54, 1.807) is 0 Å². The Morgan fingerprint density at radius 2 is 1.53 bits per heavy atom. The molecule has 5 aromatic rings. The van der Waals surface area contributed by atoms with E-state index in [0.29, 0.717) is 11.4 Å². The molecule has 0 amide bonds. The first-order valence-corrected chi connectivity index (χ1v) is 9.48. The van der Waals surface area contributed by atoms with Gasteiger partial charge in [-0.25, -0.2) is 9.97 Å². The smallest absolute Gasteiger partial charge is 0.153 e. The molecule has 5 heteroatoms. The van der Waals surface area contributed by atoms with Gasteiger partial charge in [0.05, 0.1) is 22.2 Å². The minimum Gasteiger partial charge on any atom is -0.506 e. The van der Waals surface area contributed by atoms with Gasteiger partial charge in [0, 0.05) is 16.5 Å². The maximum atomic E-state index is 11.2. The second-order valence-corrected chi connectivity index (χ2v) is 6.88. The van der Waals surface area contributed by atoms with Gasteiger partial charge in [-0.15, -0.1) is 0 Å². The van der Waals surface area contributed by atoms with E-state index >= 15 is 0 Å². The van der Waals surface area contributed by atoms with Crippen LogP contribution in [-0.4, -0.2) is 20.1 Å². The number of aromatic nitrogens is 3. The molecule has 0 saturated heterocycles. The van der Waals surface area contributed by atoms with E-state index < -0.39 is 0 Å². The molecule has 3 aromatic carbocycles. The lowest BCUT2D eigenvalue weighted by Crippen LogP contribution is -1.96. The van der Waals surface area contributed by atoms with Crippen LogP contribution in [0, 0.1) is 11.3 Å². The van der Waals surface area contributed by atoms with E-state index in [1.807, 2.05) is 84.9 Å². The molecule has 2 N–H and O–H groups in total. The number of para-hydroxylation sites is 3. The van der Waals surface area contributed by atoms with Gasteiger partial charge in [0.25, 0.3) is 0 Å². The summed E-state index contributed by atoms with van der Waals surface area (Å²) in [7, 11) is 0. The fourth-order valence-corrected chi connectivity index (χ4v) is 3.55. The van der Waals surface area contributed by atoms with E-state index in [2.05, 4.69) is 16.0 Å². The molecule has 2 aromatic heterocycles. The number of nitrogens with one attached hydrogen (secondary N) is 1. The molecule has 0 aliphatic carbocycles. The summed E-state index contributed by atoms with van der Waals surface area (Å²) in [6, 6.07) is 28.8. The average Bonchev–Trinajstić information content (AvgIpc) is 3.23. The number of allylic oxidation sites excluding steroid dienone is 1. The van der Waals surface area contributed by atoms with Crippen LogP contribution in [0.3, 0.4) is 0 Å². The van der Waals surface area contributed by atoms with Crippen LogP contribution in [0.4, 0.5) is 0 Å². The first kappa shape index (κ1) is 17.7. The third kappa shape index (κ3) is 2.97. The fourth-order valence-electron chi connectivity index (χ4n) is 3.55. The van der Waals surface area contributed by atoms with Crippen molar-refractivity contribution in [3.05, 3.63) is 96.3 Å². The number of pyridine rings is 1. The van der Waals surface area contributed by atoms with Crippen LogP contribution in [-0.2, 0) is 0 Å². The number of aliphatic hydroxyl groups excluding tert-OH is 1. The van der Waals surface area contributed by atoms with Crippen LogP contribution < -0.4 is 0 Å². The molecule has 0 radical (unpaired) electrons. The summed E-state index contributed by atoms with van der Waals surface area (Å²) in [5.74, 6) is 0.200. The van der Waals surface area contributed by atoms with Gasteiger partial charge in [-0.1, -0.05) is 60.7 Å². The number of hydrogen-bond donors (Lipinski definition) is 2. The van der Waals surface area contributed by atoms with Crippen LogP contribution in [0.2, 0.25) is 0 Å². The lowest BCUT2D eigenvalue weighted by atomic mass is 10.0. The first-order chi connectivity index (χ1) is 14.7. The Morgan fingerprint density at radius 3 is 2.30 bits per heavy atom. The van der Waals surface area contributed by atoms with Crippen molar-refractivity contribution in [2.45, 2.75) is 0 Å². The van der Waals surface area contributed by atoms with Crippen LogP contribution in [0.1, 0.15) is 11.4 Å². The minimum atomic E-state index is -0.132. The van der Waals surface area contributed by atoms with Gasteiger partial charge in [0.1, 0.15) is 17.4 Å². The maximum Gasteiger partial charge on any atom is 0.153 e. The van der Waals surface area contributed by atoms with Crippen LogP contribution >= 0.6 is 0 Å². The third-order valence-electron chi connectivity index (χ3n) is 5.02. The lowest BCUT2D eigenvalue weighted by Gasteiger charge is -2.10. The number of nitriles is 1. The number of fused-ring (bicyclic) bond motifs is 2. The largest absolute Gasteiger partial charge is 0.506 e. The van der Waals surface area contributed by atoms with Crippen molar-refractivity contribution in [3.8, 4) is 17.3 Å². The van der Waals surface area contributed by atoms with Crippen LogP contribution in [0.15, 0.2) is 84.9 Å². The topological polar surface area (TPSA) is 85.6 Å². The molecule has 0 fully saturated rings. The van der Waals surface area contributed by atoms with Gasteiger partial charge in [-0.3, -0.25) is 0 Å². The highest BCUT2D eigenvalue weighted by atomic mass is 16.3. The van der Waals surface area contributed by atoms with Gasteiger partial charge in [0.2, 0.25) is 0 Å². The second-order valence-electron chi connectivity index (χ2n) is 6.88. The standard InChI is InChI=1S/C25H16N4O/c26-15-19(25-28-21-12-6-7-13-22(21)29-25)24(30)18-14-23(16-8-2-1-3-9-16)27-20-11-5-4-10-17(18)20/h1-14,30H,(H,28,29). The summed E-state index contributed by atoms with van der Waals surface area (Å²) < 4.78 is 0. The van der Waals surface area contributed by atoms with E-state index in [-0.39, 0.29) is 11.3 Å². The van der Waals surface area contributed by atoms with E-state index in [9.17, 15) is 10.4 Å². The Balaban J connectivity index is 1.77. The zero-order valence-electron chi connectivity index (χ0n) is 15.9. The number of aromatic amines is 1. The predicted molar refractivity (Wildman–Crippen MR) is 118 cm³/mol. The molecular formula is C25H16N4O. The molecule has 5 nitrogen and oxygen atoms in total. The summed E-state index contributed by atoms with van der Waals surface area (Å²) in [5.41, 5.74) is 4.55. The number of H-pyrrole nitrogens is 1. The van der Waals surface area contributed by atoms with Gasteiger partial charge < -0.3 is 10.1 Å². The molecule has 30 heavy (non-hydrogen) atoms. The Hall–Kier alpha value is -4.43. The highest BCUT2D eigenvalue weighted by molar-refractivity contribution is 6.01. The summed E-state index contributed by atoms with van der Waals surface area (Å²) in [6.45, 7) is 0. The van der Waals surface area contributed by atoms with Gasteiger partial charge >= 0.3 is 0 Å². The highest BCUT2D eigenvalue weighted by Gasteiger charge is 2.18. The predicted octanol–water partition coefficient (Wildman–Crippen LogP) is 5.73. The monoisotopic (exact) mass is 388 g/mol. The molecule has 2 heterocycles. The lowest BCUT2D eigenvalue weighted by molar-refractivity contribution is 0.514. The van der Waals surface area contributed by atoms with Crippen molar-refractivity contribution in [1.29, 1.82) is 5.26 Å². The van der Waals surface area contributed by atoms with Crippen molar-refractivity contribution in [2.24, 2.45) is 0 Å². The third-order valence-corrected chi connectivity index (χ3v) is 5.02. The molecule has 0 aliphatic heterocycles. The fraction of sp³-hybridized carbons (Fsp3) is 0. The zero-order valence-corrected chi connectivity index (χ0v) is 15.9. The van der Waals surface area contributed by atoms with Gasteiger partial charge in [0.15, 0.2) is 5.82 Å². The van der Waals surface area contributed by atoms with Crippen molar-refractivity contribution in [3.63, 3.8) is 0 Å². The Labute approximate surface area is 172 Å². The maximum absolute atomic E-state index is 11.2. The molecular weight excluding hydrogens is 372 g/mol. The molecule has 142 valence electrons. The molecule has 0 atom stereocenters. The van der Waals surface area contributed by atoms with Gasteiger partial charge in [-0.05, 0) is 24.3 Å². The summed E-state index contributed by atoms with van der Waals surface area (Å²) >= 11 is 0. The van der Waals surface area contributed by atoms with Crippen LogP contribution in [0.25, 0.3) is 44.5 Å². The number of imidazole rings is 1. The number of nitrogens with zero attached hydrogens (tertiary/aromatic N) is 3. The van der Waals surface area contributed by atoms with Crippen molar-refractivity contribution < 1.29 is 5.11 Å². The quantitative estimate of drug-likeness (QED) is 0.305. The molecule has 0 aliphatic rings. The Kier molecular flexibility index (Phi) is 4.23. The molecule has 0 unspecified atom stereocenters. The molecule has 0 bridgehead atoms.